The van der Waals surface area contributed by atoms with Crippen molar-refractivity contribution >= 4 is 5.97 Å². The number of hydrogen-bond donors (Lipinski definition) is 1. The van der Waals surface area contributed by atoms with Crippen LogP contribution in [0.15, 0.2) is 30.3 Å². The quantitative estimate of drug-likeness (QED) is 0.876. The van der Waals surface area contributed by atoms with Gasteiger partial charge < -0.3 is 9.84 Å². The Hall–Kier alpha value is -2.30. The van der Waals surface area contributed by atoms with E-state index in [9.17, 15) is 4.79 Å². The molecule has 0 saturated heterocycles. The first kappa shape index (κ1) is 11.2. The van der Waals surface area contributed by atoms with Crippen LogP contribution in [0, 0.1) is 0 Å². The zero-order valence-electron chi connectivity index (χ0n) is 9.54. The summed E-state index contributed by atoms with van der Waals surface area (Å²) in [7, 11) is 3.02. The lowest BCUT2D eigenvalue weighted by molar-refractivity contribution is 0.0681. The van der Waals surface area contributed by atoms with E-state index in [1.54, 1.807) is 7.05 Å². The van der Waals surface area contributed by atoms with Gasteiger partial charge in [0.1, 0.15) is 5.69 Å². The van der Waals surface area contributed by atoms with E-state index >= 15 is 0 Å². The van der Waals surface area contributed by atoms with E-state index < -0.39 is 5.97 Å². The molecule has 1 heterocycles. The van der Waals surface area contributed by atoms with Gasteiger partial charge in [-0.25, -0.2) is 4.79 Å². The SMILES string of the molecule is COc1c(-c2ccccc2)nn(C)c1C(=O)O. The van der Waals surface area contributed by atoms with Crippen LogP contribution < -0.4 is 4.74 Å². The number of hydrogen-bond acceptors (Lipinski definition) is 3. The molecule has 0 saturated carbocycles. The van der Waals surface area contributed by atoms with E-state index in [0.717, 1.165) is 5.56 Å². The van der Waals surface area contributed by atoms with Gasteiger partial charge in [-0.1, -0.05) is 30.3 Å². The zero-order valence-corrected chi connectivity index (χ0v) is 9.54. The van der Waals surface area contributed by atoms with E-state index in [4.69, 9.17) is 9.84 Å². The van der Waals surface area contributed by atoms with Crippen molar-refractivity contribution in [1.29, 1.82) is 0 Å². The number of ether oxygens (including phenoxy) is 1. The molecule has 88 valence electrons. The molecule has 0 aliphatic carbocycles. The molecule has 2 aromatic rings. The van der Waals surface area contributed by atoms with E-state index in [0.29, 0.717) is 5.69 Å². The molecule has 1 N–H and O–H groups in total. The molecule has 0 spiro atoms. The summed E-state index contributed by atoms with van der Waals surface area (Å²) in [6.07, 6.45) is 0. The fourth-order valence-electron chi connectivity index (χ4n) is 1.72. The molecule has 0 aliphatic heterocycles. The number of benzene rings is 1. The van der Waals surface area contributed by atoms with Gasteiger partial charge in [0.15, 0.2) is 11.4 Å². The Bertz CT molecular complexity index is 546. The standard InChI is InChI=1S/C12H12N2O3/c1-14-10(12(15)16)11(17-2)9(13-14)8-6-4-3-5-7-8/h3-7H,1-2H3,(H,15,16). The molecule has 1 aromatic carbocycles. The number of rotatable bonds is 3. The van der Waals surface area contributed by atoms with Crippen LogP contribution >= 0.6 is 0 Å². The maximum atomic E-state index is 11.1. The Kier molecular flexibility index (Phi) is 2.82. The maximum absolute atomic E-state index is 11.1. The van der Waals surface area contributed by atoms with E-state index in [1.807, 2.05) is 30.3 Å². The molecule has 0 atom stereocenters. The third-order valence-electron chi connectivity index (χ3n) is 2.46. The normalized spacial score (nSPS) is 10.2. The third kappa shape index (κ3) is 1.87. The van der Waals surface area contributed by atoms with Gasteiger partial charge in [0.2, 0.25) is 0 Å². The fraction of sp³-hybridized carbons (Fsp3) is 0.167. The number of nitrogens with zero attached hydrogens (tertiary/aromatic N) is 2. The van der Waals surface area contributed by atoms with Crippen LogP contribution in [0.2, 0.25) is 0 Å². The zero-order chi connectivity index (χ0) is 12.4. The molecular formula is C12H12N2O3. The Morgan fingerprint density at radius 1 is 1.35 bits per heavy atom. The van der Waals surface area contributed by atoms with Crippen LogP contribution in [0.5, 0.6) is 5.75 Å². The highest BCUT2D eigenvalue weighted by Crippen LogP contribution is 2.31. The van der Waals surface area contributed by atoms with Gasteiger partial charge in [0.25, 0.3) is 0 Å². The van der Waals surface area contributed by atoms with Crippen LogP contribution in [0.4, 0.5) is 0 Å². The highest BCUT2D eigenvalue weighted by Gasteiger charge is 2.23. The topological polar surface area (TPSA) is 64.4 Å². The average molecular weight is 232 g/mol. The molecule has 0 fully saturated rings. The molecule has 0 amide bonds. The van der Waals surface area contributed by atoms with E-state index in [1.165, 1.54) is 11.8 Å². The van der Waals surface area contributed by atoms with Gasteiger partial charge in [-0.3, -0.25) is 4.68 Å². The van der Waals surface area contributed by atoms with Gasteiger partial charge >= 0.3 is 5.97 Å². The Morgan fingerprint density at radius 2 is 2.00 bits per heavy atom. The highest BCUT2D eigenvalue weighted by atomic mass is 16.5. The highest BCUT2D eigenvalue weighted by molar-refractivity contribution is 5.92. The van der Waals surface area contributed by atoms with Crippen molar-refractivity contribution < 1.29 is 14.6 Å². The monoisotopic (exact) mass is 232 g/mol. The summed E-state index contributed by atoms with van der Waals surface area (Å²) in [5, 5.41) is 13.3. The van der Waals surface area contributed by atoms with Gasteiger partial charge in [-0.15, -0.1) is 0 Å². The van der Waals surface area contributed by atoms with Crippen LogP contribution in [0.25, 0.3) is 11.3 Å². The first-order valence-corrected chi connectivity index (χ1v) is 5.05. The van der Waals surface area contributed by atoms with Crippen molar-refractivity contribution in [1.82, 2.24) is 9.78 Å². The van der Waals surface area contributed by atoms with E-state index in [-0.39, 0.29) is 11.4 Å². The third-order valence-corrected chi connectivity index (χ3v) is 2.46. The Labute approximate surface area is 98.3 Å². The molecular weight excluding hydrogens is 220 g/mol. The number of aromatic carboxylic acids is 1. The predicted molar refractivity (Wildman–Crippen MR) is 62.2 cm³/mol. The second-order valence-electron chi connectivity index (χ2n) is 3.53. The van der Waals surface area contributed by atoms with Gasteiger partial charge in [-0.05, 0) is 0 Å². The van der Waals surface area contributed by atoms with Crippen molar-refractivity contribution in [3.8, 4) is 17.0 Å². The number of methoxy groups -OCH3 is 1. The summed E-state index contributed by atoms with van der Waals surface area (Å²) in [5.41, 5.74) is 1.41. The molecule has 1 aromatic heterocycles. The minimum atomic E-state index is -1.06. The minimum absolute atomic E-state index is 0.0475. The Morgan fingerprint density at radius 3 is 2.53 bits per heavy atom. The summed E-state index contributed by atoms with van der Waals surface area (Å²) in [4.78, 5) is 11.1. The predicted octanol–water partition coefficient (Wildman–Crippen LogP) is 1.79. The molecule has 5 nitrogen and oxygen atoms in total. The largest absolute Gasteiger partial charge is 0.492 e. The van der Waals surface area contributed by atoms with Gasteiger partial charge in [0.05, 0.1) is 7.11 Å². The molecule has 0 bridgehead atoms. The smallest absolute Gasteiger partial charge is 0.358 e. The van der Waals surface area contributed by atoms with Crippen molar-refractivity contribution in [2.75, 3.05) is 7.11 Å². The average Bonchev–Trinajstić information content (AvgIpc) is 2.67. The maximum Gasteiger partial charge on any atom is 0.358 e. The minimum Gasteiger partial charge on any atom is -0.492 e. The fourth-order valence-corrected chi connectivity index (χ4v) is 1.72. The van der Waals surface area contributed by atoms with Gasteiger partial charge in [0, 0.05) is 12.6 Å². The van der Waals surface area contributed by atoms with E-state index in [2.05, 4.69) is 5.10 Å². The molecule has 0 aliphatic rings. The lowest BCUT2D eigenvalue weighted by Gasteiger charge is -2.01. The van der Waals surface area contributed by atoms with Crippen LogP contribution in [0.3, 0.4) is 0 Å². The van der Waals surface area contributed by atoms with Gasteiger partial charge in [-0.2, -0.15) is 5.10 Å². The summed E-state index contributed by atoms with van der Waals surface area (Å²) in [6.45, 7) is 0. The number of aryl methyl sites for hydroxylation is 1. The second kappa shape index (κ2) is 4.29. The first-order valence-electron chi connectivity index (χ1n) is 5.05. The number of carboxylic acids is 1. The number of carboxylic acid groups (broad SMARTS) is 1. The van der Waals surface area contributed by atoms with Crippen LogP contribution in [0.1, 0.15) is 10.5 Å². The Balaban J connectivity index is 2.64. The molecule has 0 radical (unpaired) electrons. The van der Waals surface area contributed by atoms with Crippen molar-refractivity contribution in [3.05, 3.63) is 36.0 Å². The second-order valence-corrected chi connectivity index (χ2v) is 3.53. The number of aromatic nitrogens is 2. The summed E-state index contributed by atoms with van der Waals surface area (Å²) in [5.74, 6) is -0.773. The summed E-state index contributed by atoms with van der Waals surface area (Å²) >= 11 is 0. The lowest BCUT2D eigenvalue weighted by Crippen LogP contribution is -2.06. The molecule has 17 heavy (non-hydrogen) atoms. The molecule has 2 rings (SSSR count). The van der Waals surface area contributed by atoms with Crippen molar-refractivity contribution in [2.45, 2.75) is 0 Å². The first-order chi connectivity index (χ1) is 8.15. The molecule has 0 unspecified atom stereocenters. The molecule has 5 heteroatoms. The van der Waals surface area contributed by atoms with Crippen molar-refractivity contribution in [2.24, 2.45) is 7.05 Å². The van der Waals surface area contributed by atoms with Crippen LogP contribution in [-0.4, -0.2) is 28.0 Å². The lowest BCUT2D eigenvalue weighted by atomic mass is 10.1. The number of carbonyl (C=O) groups is 1. The summed E-state index contributed by atoms with van der Waals surface area (Å²) < 4.78 is 6.46. The van der Waals surface area contributed by atoms with Crippen molar-refractivity contribution in [3.63, 3.8) is 0 Å². The summed E-state index contributed by atoms with van der Waals surface area (Å²) in [6, 6.07) is 9.33. The van der Waals surface area contributed by atoms with Crippen LogP contribution in [-0.2, 0) is 7.05 Å².